The van der Waals surface area contributed by atoms with E-state index in [4.69, 9.17) is 34.8 Å². The van der Waals surface area contributed by atoms with Crippen molar-refractivity contribution in [3.63, 3.8) is 0 Å². The number of fused-ring (bicyclic) bond motifs is 1. The number of halogens is 3. The summed E-state index contributed by atoms with van der Waals surface area (Å²) < 4.78 is 20.8. The minimum Gasteiger partial charge on any atom is -0.364 e. The Kier molecular flexibility index (Phi) is 2.42. The van der Waals surface area contributed by atoms with Gasteiger partial charge >= 0.3 is 0 Å². The van der Waals surface area contributed by atoms with Gasteiger partial charge in [0, 0.05) is 0 Å². The molecule has 0 unspecified atom stereocenters. The second-order valence-corrected chi connectivity index (χ2v) is 7.81. The lowest BCUT2D eigenvalue weighted by Crippen LogP contribution is -2.39. The monoisotopic (exact) mass is 276 g/mol. The van der Waals surface area contributed by atoms with Crippen LogP contribution < -0.4 is 5.32 Å². The van der Waals surface area contributed by atoms with Crippen LogP contribution in [0, 0.1) is 0 Å². The number of hydrogen-bond donors (Lipinski definition) is 1. The molecule has 0 aromatic heterocycles. The van der Waals surface area contributed by atoms with E-state index in [1.807, 2.05) is 0 Å². The summed E-state index contributed by atoms with van der Waals surface area (Å²) in [5, 5.41) is 2.82. The number of sulfone groups is 1. The van der Waals surface area contributed by atoms with Crippen LogP contribution in [-0.2, 0) is 9.84 Å². The molecule has 2 heterocycles. The third-order valence-corrected chi connectivity index (χ3v) is 4.46. The Balaban J connectivity index is 2.20. The van der Waals surface area contributed by atoms with Crippen molar-refractivity contribution in [2.75, 3.05) is 11.5 Å². The van der Waals surface area contributed by atoms with E-state index >= 15 is 0 Å². The van der Waals surface area contributed by atoms with Crippen molar-refractivity contribution in [2.24, 2.45) is 4.99 Å². The van der Waals surface area contributed by atoms with Gasteiger partial charge in [-0.25, -0.2) is 8.42 Å². The van der Waals surface area contributed by atoms with Crippen LogP contribution in [0.5, 0.6) is 0 Å². The molecule has 80 valence electrons. The lowest BCUT2D eigenvalue weighted by atomic mass is 10.2. The molecule has 0 amide bonds. The number of nitrogens with one attached hydrogen (secondary N) is 1. The summed E-state index contributed by atoms with van der Waals surface area (Å²) in [5.41, 5.74) is 0. The van der Waals surface area contributed by atoms with Gasteiger partial charge in [-0.3, -0.25) is 4.99 Å². The molecule has 2 aliphatic heterocycles. The maximum absolute atomic E-state index is 11.2. The normalized spacial score (nSPS) is 34.9. The fraction of sp³-hybridized carbons (Fsp3) is 0.833. The van der Waals surface area contributed by atoms with Gasteiger partial charge in [0.05, 0.1) is 23.6 Å². The average Bonchev–Trinajstić information content (AvgIpc) is 2.37. The molecule has 14 heavy (non-hydrogen) atoms. The van der Waals surface area contributed by atoms with Crippen LogP contribution in [0.25, 0.3) is 0 Å². The Morgan fingerprint density at radius 3 is 2.50 bits per heavy atom. The van der Waals surface area contributed by atoms with E-state index < -0.39 is 13.6 Å². The predicted molar refractivity (Wildman–Crippen MR) is 57.1 cm³/mol. The second-order valence-electron chi connectivity index (χ2n) is 3.37. The van der Waals surface area contributed by atoms with Crippen LogP contribution >= 0.6 is 34.8 Å². The highest BCUT2D eigenvalue weighted by molar-refractivity contribution is 7.91. The van der Waals surface area contributed by atoms with Crippen molar-refractivity contribution in [1.82, 2.24) is 5.32 Å². The van der Waals surface area contributed by atoms with Gasteiger partial charge in [-0.2, -0.15) is 0 Å². The number of amidine groups is 1. The van der Waals surface area contributed by atoms with Gasteiger partial charge in [-0.15, -0.1) is 0 Å². The standard InChI is InChI=1S/C6H7Cl3N2O2S/c7-6(8,9)5-10-3-1-14(12,13)2-4(3)11-5/h3-4H,1-2H2,(H,10,11)/t3-,4-/m0/s1. The topological polar surface area (TPSA) is 58.5 Å². The average molecular weight is 278 g/mol. The zero-order chi connectivity index (χ0) is 10.6. The van der Waals surface area contributed by atoms with Crippen LogP contribution in [0.2, 0.25) is 0 Å². The highest BCUT2D eigenvalue weighted by Gasteiger charge is 2.45. The lowest BCUT2D eigenvalue weighted by molar-refractivity contribution is 0.600. The van der Waals surface area contributed by atoms with Crippen LogP contribution in [0.3, 0.4) is 0 Å². The smallest absolute Gasteiger partial charge is 0.247 e. The first-order valence-electron chi connectivity index (χ1n) is 3.90. The van der Waals surface area contributed by atoms with Gasteiger partial charge in [0.2, 0.25) is 3.79 Å². The van der Waals surface area contributed by atoms with E-state index in [9.17, 15) is 8.42 Å². The molecule has 2 rings (SSSR count). The van der Waals surface area contributed by atoms with Gasteiger partial charge in [-0.1, -0.05) is 34.8 Å². The third kappa shape index (κ3) is 1.96. The minimum absolute atomic E-state index is 0.0366. The molecule has 4 nitrogen and oxygen atoms in total. The van der Waals surface area contributed by atoms with Gasteiger partial charge in [-0.05, 0) is 0 Å². The summed E-state index contributed by atoms with van der Waals surface area (Å²) in [7, 11) is -2.97. The fourth-order valence-corrected chi connectivity index (χ4v) is 3.75. The first-order valence-corrected chi connectivity index (χ1v) is 6.85. The summed E-state index contributed by atoms with van der Waals surface area (Å²) in [4.78, 5) is 4.05. The molecule has 2 atom stereocenters. The molecule has 0 aromatic rings. The number of alkyl halides is 3. The van der Waals surface area contributed by atoms with Crippen LogP contribution in [-0.4, -0.2) is 41.6 Å². The summed E-state index contributed by atoms with van der Waals surface area (Å²) in [6, 6.07) is -0.531. The third-order valence-electron chi connectivity index (χ3n) is 2.21. The zero-order valence-corrected chi connectivity index (χ0v) is 9.96. The van der Waals surface area contributed by atoms with Crippen molar-refractivity contribution >= 4 is 50.5 Å². The van der Waals surface area contributed by atoms with E-state index in [1.54, 1.807) is 0 Å². The largest absolute Gasteiger partial charge is 0.364 e. The van der Waals surface area contributed by atoms with Crippen LogP contribution in [0.1, 0.15) is 0 Å². The first-order chi connectivity index (χ1) is 6.28. The molecule has 0 bridgehead atoms. The predicted octanol–water partition coefficient (Wildman–Crippen LogP) is 0.524. The molecule has 1 fully saturated rings. The number of nitrogens with zero attached hydrogens (tertiary/aromatic N) is 1. The Labute approximate surface area is 96.5 Å². The molecule has 1 N–H and O–H groups in total. The Bertz CT molecular complexity index is 386. The van der Waals surface area contributed by atoms with Crippen molar-refractivity contribution in [3.8, 4) is 0 Å². The van der Waals surface area contributed by atoms with E-state index in [2.05, 4.69) is 10.3 Å². The van der Waals surface area contributed by atoms with E-state index in [1.165, 1.54) is 0 Å². The molecule has 2 aliphatic rings. The number of hydrogen-bond acceptors (Lipinski definition) is 4. The molecule has 0 radical (unpaired) electrons. The van der Waals surface area contributed by atoms with Crippen molar-refractivity contribution in [3.05, 3.63) is 0 Å². The van der Waals surface area contributed by atoms with Gasteiger partial charge in [0.25, 0.3) is 0 Å². The van der Waals surface area contributed by atoms with Gasteiger partial charge < -0.3 is 5.32 Å². The second kappa shape index (κ2) is 3.14. The maximum Gasteiger partial charge on any atom is 0.247 e. The molecular weight excluding hydrogens is 271 g/mol. The summed E-state index contributed by atoms with van der Waals surface area (Å²) in [5.74, 6) is 0.341. The van der Waals surface area contributed by atoms with Crippen molar-refractivity contribution in [1.29, 1.82) is 0 Å². The summed E-state index contributed by atoms with van der Waals surface area (Å²) in [6.45, 7) is 0. The lowest BCUT2D eigenvalue weighted by Gasteiger charge is -2.13. The van der Waals surface area contributed by atoms with Crippen LogP contribution in [0.4, 0.5) is 0 Å². The quantitative estimate of drug-likeness (QED) is 0.657. The van der Waals surface area contributed by atoms with Crippen molar-refractivity contribution < 1.29 is 8.42 Å². The maximum atomic E-state index is 11.2. The number of rotatable bonds is 0. The summed E-state index contributed by atoms with van der Waals surface area (Å²) in [6.07, 6.45) is 0. The Morgan fingerprint density at radius 2 is 2.00 bits per heavy atom. The molecule has 8 heteroatoms. The summed E-state index contributed by atoms with van der Waals surface area (Å²) >= 11 is 16.8. The van der Waals surface area contributed by atoms with Crippen LogP contribution in [0.15, 0.2) is 4.99 Å². The molecule has 0 spiro atoms. The molecular formula is C6H7Cl3N2O2S. The minimum atomic E-state index is -2.97. The zero-order valence-electron chi connectivity index (χ0n) is 6.87. The first kappa shape index (κ1) is 10.8. The molecule has 0 aliphatic carbocycles. The van der Waals surface area contributed by atoms with Gasteiger partial charge in [0.15, 0.2) is 9.84 Å². The van der Waals surface area contributed by atoms with Crippen molar-refractivity contribution in [2.45, 2.75) is 15.9 Å². The van der Waals surface area contributed by atoms with E-state index in [-0.39, 0.29) is 29.4 Å². The molecule has 0 aromatic carbocycles. The SMILES string of the molecule is O=S1(=O)C[C@@H]2N=C(C(Cl)(Cl)Cl)N[C@H]2C1. The van der Waals surface area contributed by atoms with E-state index in [0.717, 1.165) is 0 Å². The van der Waals surface area contributed by atoms with E-state index in [0.29, 0.717) is 0 Å². The molecule has 0 saturated carbocycles. The van der Waals surface area contributed by atoms with Gasteiger partial charge in [0.1, 0.15) is 5.84 Å². The highest BCUT2D eigenvalue weighted by atomic mass is 35.6. The Morgan fingerprint density at radius 1 is 1.36 bits per heavy atom. The molecule has 1 saturated heterocycles. The fourth-order valence-electron chi connectivity index (χ4n) is 1.63. The Hall–Kier alpha value is 0.290. The number of aliphatic imine (C=N–C) groups is 1. The highest BCUT2D eigenvalue weighted by Crippen LogP contribution is 2.32.